The Hall–Kier alpha value is -2.63. The van der Waals surface area contributed by atoms with Crippen LogP contribution in [0.3, 0.4) is 0 Å². The first-order valence-corrected chi connectivity index (χ1v) is 9.00. The summed E-state index contributed by atoms with van der Waals surface area (Å²) in [5.74, 6) is -0.424. The average molecular weight is 402 g/mol. The smallest absolute Gasteiger partial charge is 0.267 e. The van der Waals surface area contributed by atoms with Crippen LogP contribution >= 0.6 is 23.2 Å². The van der Waals surface area contributed by atoms with Gasteiger partial charge in [0.25, 0.3) is 5.56 Å². The van der Waals surface area contributed by atoms with Gasteiger partial charge in [0.1, 0.15) is 6.54 Å². The number of aryl methyl sites for hydroxylation is 2. The molecule has 0 spiro atoms. The predicted molar refractivity (Wildman–Crippen MR) is 108 cm³/mol. The molecule has 0 saturated heterocycles. The summed E-state index contributed by atoms with van der Waals surface area (Å²) >= 11 is 12.0. The van der Waals surface area contributed by atoms with Gasteiger partial charge in [0.2, 0.25) is 5.91 Å². The molecule has 2 aromatic carbocycles. The van der Waals surface area contributed by atoms with Crippen molar-refractivity contribution in [2.24, 2.45) is 0 Å². The van der Waals surface area contributed by atoms with Crippen LogP contribution in [0.1, 0.15) is 11.1 Å². The van der Waals surface area contributed by atoms with Crippen molar-refractivity contribution >= 4 is 34.8 Å². The van der Waals surface area contributed by atoms with Crippen molar-refractivity contribution in [3.05, 3.63) is 80.1 Å². The summed E-state index contributed by atoms with van der Waals surface area (Å²) in [5, 5.41) is 7.58. The number of amides is 1. The average Bonchev–Trinajstić information content (AvgIpc) is 2.63. The van der Waals surface area contributed by atoms with Gasteiger partial charge in [-0.2, -0.15) is 5.10 Å². The molecule has 5 nitrogen and oxygen atoms in total. The second-order valence-electron chi connectivity index (χ2n) is 6.18. The van der Waals surface area contributed by atoms with Crippen LogP contribution < -0.4 is 10.9 Å². The summed E-state index contributed by atoms with van der Waals surface area (Å²) in [4.78, 5) is 24.5. The highest BCUT2D eigenvalue weighted by Gasteiger charge is 2.12. The van der Waals surface area contributed by atoms with Gasteiger partial charge in [-0.15, -0.1) is 0 Å². The van der Waals surface area contributed by atoms with E-state index >= 15 is 0 Å². The Morgan fingerprint density at radius 3 is 2.67 bits per heavy atom. The molecule has 0 aliphatic carbocycles. The van der Waals surface area contributed by atoms with Crippen LogP contribution in [-0.2, 0) is 11.3 Å². The maximum atomic E-state index is 12.4. The normalized spacial score (nSPS) is 10.7. The molecule has 1 amide bonds. The van der Waals surface area contributed by atoms with Crippen LogP contribution in [0.25, 0.3) is 11.3 Å². The van der Waals surface area contributed by atoms with E-state index in [9.17, 15) is 9.59 Å². The van der Waals surface area contributed by atoms with Gasteiger partial charge in [0.15, 0.2) is 0 Å². The number of carbonyl (C=O) groups excluding carboxylic acids is 1. The minimum Gasteiger partial charge on any atom is -0.323 e. The van der Waals surface area contributed by atoms with Crippen molar-refractivity contribution in [1.82, 2.24) is 9.78 Å². The lowest BCUT2D eigenvalue weighted by atomic mass is 10.0. The Morgan fingerprint density at radius 1 is 1.11 bits per heavy atom. The molecule has 0 atom stereocenters. The second kappa shape index (κ2) is 7.94. The topological polar surface area (TPSA) is 64.0 Å². The van der Waals surface area contributed by atoms with Gasteiger partial charge in [-0.05, 0) is 43.7 Å². The summed E-state index contributed by atoms with van der Waals surface area (Å²) in [5.41, 5.74) is 3.69. The molecule has 0 unspecified atom stereocenters. The van der Waals surface area contributed by atoms with Gasteiger partial charge in [0, 0.05) is 11.6 Å². The molecule has 0 aliphatic heterocycles. The molecule has 1 N–H and O–H groups in total. The van der Waals surface area contributed by atoms with E-state index < -0.39 is 5.91 Å². The van der Waals surface area contributed by atoms with Crippen molar-refractivity contribution in [2.45, 2.75) is 20.4 Å². The van der Waals surface area contributed by atoms with Gasteiger partial charge < -0.3 is 5.32 Å². The zero-order valence-corrected chi connectivity index (χ0v) is 16.3. The Labute approximate surface area is 166 Å². The van der Waals surface area contributed by atoms with E-state index in [1.165, 1.54) is 6.07 Å². The largest absolute Gasteiger partial charge is 0.323 e. The van der Waals surface area contributed by atoms with E-state index in [0.717, 1.165) is 21.4 Å². The van der Waals surface area contributed by atoms with E-state index in [2.05, 4.69) is 10.4 Å². The number of carbonyl (C=O) groups is 1. The van der Waals surface area contributed by atoms with Gasteiger partial charge in [-0.25, -0.2) is 4.68 Å². The van der Waals surface area contributed by atoms with Crippen LogP contribution in [0.4, 0.5) is 5.69 Å². The summed E-state index contributed by atoms with van der Waals surface area (Å²) in [7, 11) is 0. The minimum absolute atomic E-state index is 0.236. The molecule has 0 saturated carbocycles. The van der Waals surface area contributed by atoms with Crippen LogP contribution in [0.15, 0.2) is 53.3 Å². The van der Waals surface area contributed by atoms with Gasteiger partial charge in [0.05, 0.1) is 21.4 Å². The third-order valence-electron chi connectivity index (χ3n) is 4.05. The molecular formula is C20H17Cl2N3O2. The molecule has 0 bridgehead atoms. The van der Waals surface area contributed by atoms with E-state index in [-0.39, 0.29) is 17.1 Å². The SMILES string of the molecule is Cc1ccc(C)c(-c2ccc(=O)n(CC(=O)Nc3cccc(Cl)c3Cl)n2)c1. The number of nitrogens with one attached hydrogen (secondary N) is 1. The zero-order chi connectivity index (χ0) is 19.6. The minimum atomic E-state index is -0.424. The van der Waals surface area contributed by atoms with Gasteiger partial charge in [-0.1, -0.05) is 47.0 Å². The fraction of sp³-hybridized carbons (Fsp3) is 0.150. The molecule has 0 aliphatic rings. The number of nitrogens with zero attached hydrogens (tertiary/aromatic N) is 2. The van der Waals surface area contributed by atoms with Crippen molar-refractivity contribution in [3.63, 3.8) is 0 Å². The fourth-order valence-corrected chi connectivity index (χ4v) is 2.99. The van der Waals surface area contributed by atoms with Crippen LogP contribution in [0, 0.1) is 13.8 Å². The first kappa shape index (κ1) is 19.1. The van der Waals surface area contributed by atoms with E-state index in [1.54, 1.807) is 24.3 Å². The highest BCUT2D eigenvalue weighted by molar-refractivity contribution is 6.43. The summed E-state index contributed by atoms with van der Waals surface area (Å²) in [6.07, 6.45) is 0. The van der Waals surface area contributed by atoms with Crippen molar-refractivity contribution in [1.29, 1.82) is 0 Å². The standard InChI is InChI=1S/C20H17Cl2N3O2/c1-12-6-7-13(2)14(10-12)16-8-9-19(27)25(24-16)11-18(26)23-17-5-3-4-15(21)20(17)22/h3-10H,11H2,1-2H3,(H,23,26). The molecule has 27 heavy (non-hydrogen) atoms. The molecular weight excluding hydrogens is 385 g/mol. The Balaban J connectivity index is 1.87. The maximum Gasteiger partial charge on any atom is 0.267 e. The lowest BCUT2D eigenvalue weighted by Gasteiger charge is -2.11. The second-order valence-corrected chi connectivity index (χ2v) is 6.97. The maximum absolute atomic E-state index is 12.4. The first-order valence-electron chi connectivity index (χ1n) is 8.25. The van der Waals surface area contributed by atoms with E-state index in [4.69, 9.17) is 23.2 Å². The molecule has 0 radical (unpaired) electrons. The monoisotopic (exact) mass is 401 g/mol. The quantitative estimate of drug-likeness (QED) is 0.700. The third-order valence-corrected chi connectivity index (χ3v) is 4.87. The predicted octanol–water partition coefficient (Wildman–Crippen LogP) is 4.47. The molecule has 1 aromatic heterocycles. The van der Waals surface area contributed by atoms with Crippen molar-refractivity contribution < 1.29 is 4.79 Å². The fourth-order valence-electron chi connectivity index (χ4n) is 2.64. The number of halogens is 2. The lowest BCUT2D eigenvalue weighted by molar-refractivity contribution is -0.117. The van der Waals surface area contributed by atoms with E-state index in [1.807, 2.05) is 32.0 Å². The highest BCUT2D eigenvalue weighted by Crippen LogP contribution is 2.29. The molecule has 0 fully saturated rings. The Bertz CT molecular complexity index is 1080. The van der Waals surface area contributed by atoms with E-state index in [0.29, 0.717) is 16.4 Å². The van der Waals surface area contributed by atoms with Crippen LogP contribution in [0.2, 0.25) is 10.0 Å². The number of aromatic nitrogens is 2. The number of rotatable bonds is 4. The molecule has 3 rings (SSSR count). The summed E-state index contributed by atoms with van der Waals surface area (Å²) in [6, 6.07) is 14.0. The number of benzene rings is 2. The van der Waals surface area contributed by atoms with Crippen LogP contribution in [0.5, 0.6) is 0 Å². The van der Waals surface area contributed by atoms with Gasteiger partial charge >= 0.3 is 0 Å². The summed E-state index contributed by atoms with van der Waals surface area (Å²) < 4.78 is 1.13. The highest BCUT2D eigenvalue weighted by atomic mass is 35.5. The molecule has 3 aromatic rings. The zero-order valence-electron chi connectivity index (χ0n) is 14.8. The Morgan fingerprint density at radius 2 is 1.89 bits per heavy atom. The number of hydrogen-bond acceptors (Lipinski definition) is 3. The molecule has 138 valence electrons. The number of anilines is 1. The molecule has 1 heterocycles. The molecule has 7 heteroatoms. The Kier molecular flexibility index (Phi) is 5.63. The van der Waals surface area contributed by atoms with Gasteiger partial charge in [-0.3, -0.25) is 9.59 Å². The summed E-state index contributed by atoms with van der Waals surface area (Å²) in [6.45, 7) is 3.72. The number of hydrogen-bond donors (Lipinski definition) is 1. The lowest BCUT2D eigenvalue weighted by Crippen LogP contribution is -2.29. The first-order chi connectivity index (χ1) is 12.8. The van der Waals surface area contributed by atoms with Crippen molar-refractivity contribution in [3.8, 4) is 11.3 Å². The third kappa shape index (κ3) is 4.38. The van der Waals surface area contributed by atoms with Crippen molar-refractivity contribution in [2.75, 3.05) is 5.32 Å². The van der Waals surface area contributed by atoms with Crippen LogP contribution in [-0.4, -0.2) is 15.7 Å².